The zero-order valence-corrected chi connectivity index (χ0v) is 22.5. The molecule has 0 spiro atoms. The largest absolute Gasteiger partial charge is 0.352 e. The molecule has 198 valence electrons. The van der Waals surface area contributed by atoms with E-state index in [1.807, 2.05) is 48.8 Å². The fourth-order valence-corrected chi connectivity index (χ4v) is 4.52. The maximum Gasteiger partial charge on any atom is 0.227 e. The number of hydrogen-bond donors (Lipinski definition) is 2. The summed E-state index contributed by atoms with van der Waals surface area (Å²) < 4.78 is 0. The van der Waals surface area contributed by atoms with Crippen LogP contribution in [-0.2, 0) is 13.0 Å². The molecule has 0 saturated heterocycles. The van der Waals surface area contributed by atoms with E-state index in [0.717, 1.165) is 59.8 Å². The van der Waals surface area contributed by atoms with E-state index in [1.54, 1.807) is 0 Å². The Hall–Kier alpha value is -4.66. The van der Waals surface area contributed by atoms with Gasteiger partial charge in [-0.05, 0) is 34.7 Å². The number of pyridine rings is 1. The van der Waals surface area contributed by atoms with Gasteiger partial charge in [0.15, 0.2) is 0 Å². The van der Waals surface area contributed by atoms with Crippen molar-refractivity contribution in [1.29, 1.82) is 0 Å². The molecule has 0 radical (unpaired) electrons. The number of hydrogen-bond acceptors (Lipinski definition) is 8. The second-order valence-corrected chi connectivity index (χ2v) is 9.93. The standard InChI is InChI=1S/C30H33N9/c1-4-10-23-17-31-30(32-18-23)33-24-15-27(25-13-8-9-14-26(25)29-35-37-38-36-29)34-28(16-24)39(19-21(2)3)20-22-11-6-5-7-12-22/h5-9,11-18,21H,4,10,19-20H2,1-3H3,(H,31,32,33,34)(H,35,36,37,38). The highest BCUT2D eigenvalue weighted by atomic mass is 15.5. The van der Waals surface area contributed by atoms with E-state index >= 15 is 0 Å². The summed E-state index contributed by atoms with van der Waals surface area (Å²) in [7, 11) is 0. The molecular formula is C30H33N9. The molecule has 9 nitrogen and oxygen atoms in total. The monoisotopic (exact) mass is 519 g/mol. The Kier molecular flexibility index (Phi) is 8.16. The van der Waals surface area contributed by atoms with Crippen molar-refractivity contribution in [3.05, 3.63) is 90.3 Å². The second kappa shape index (κ2) is 12.3. The van der Waals surface area contributed by atoms with Gasteiger partial charge in [0.25, 0.3) is 0 Å². The van der Waals surface area contributed by atoms with Gasteiger partial charge in [-0.3, -0.25) is 0 Å². The lowest BCUT2D eigenvalue weighted by Gasteiger charge is -2.27. The van der Waals surface area contributed by atoms with Crippen LogP contribution in [0.5, 0.6) is 0 Å². The highest BCUT2D eigenvalue weighted by molar-refractivity contribution is 5.81. The van der Waals surface area contributed by atoms with Gasteiger partial charge in [0.2, 0.25) is 11.8 Å². The van der Waals surface area contributed by atoms with Crippen molar-refractivity contribution < 1.29 is 0 Å². The summed E-state index contributed by atoms with van der Waals surface area (Å²) >= 11 is 0. The Bertz CT molecular complexity index is 1470. The number of benzene rings is 2. The van der Waals surface area contributed by atoms with Crippen LogP contribution in [-0.4, -0.2) is 42.1 Å². The van der Waals surface area contributed by atoms with E-state index in [2.05, 4.69) is 91.9 Å². The van der Waals surface area contributed by atoms with E-state index < -0.39 is 0 Å². The Morgan fingerprint density at radius 2 is 1.64 bits per heavy atom. The maximum absolute atomic E-state index is 5.16. The molecular weight excluding hydrogens is 486 g/mol. The van der Waals surface area contributed by atoms with Gasteiger partial charge in [-0.25, -0.2) is 15.0 Å². The van der Waals surface area contributed by atoms with Crippen molar-refractivity contribution in [1.82, 2.24) is 35.6 Å². The van der Waals surface area contributed by atoms with Crippen molar-refractivity contribution in [3.8, 4) is 22.6 Å². The number of aryl methyl sites for hydroxylation is 1. The van der Waals surface area contributed by atoms with Crippen LogP contribution in [0.1, 0.15) is 38.3 Å². The fourth-order valence-electron chi connectivity index (χ4n) is 4.52. The zero-order chi connectivity index (χ0) is 27.0. The van der Waals surface area contributed by atoms with Gasteiger partial charge >= 0.3 is 0 Å². The summed E-state index contributed by atoms with van der Waals surface area (Å²) in [5.74, 6) is 2.36. The second-order valence-electron chi connectivity index (χ2n) is 9.93. The minimum atomic E-state index is 0.441. The molecule has 3 aromatic heterocycles. The van der Waals surface area contributed by atoms with Gasteiger partial charge in [-0.15, -0.1) is 10.2 Å². The molecule has 0 bridgehead atoms. The minimum Gasteiger partial charge on any atom is -0.352 e. The topological polar surface area (TPSA) is 108 Å². The number of aromatic nitrogens is 7. The number of H-pyrrole nitrogens is 1. The maximum atomic E-state index is 5.16. The predicted octanol–water partition coefficient (Wildman–Crippen LogP) is 6.08. The van der Waals surface area contributed by atoms with Crippen LogP contribution >= 0.6 is 0 Å². The number of nitrogens with one attached hydrogen (secondary N) is 2. The molecule has 0 unspecified atom stereocenters. The molecule has 2 aromatic carbocycles. The molecule has 3 heterocycles. The number of aromatic amines is 1. The van der Waals surface area contributed by atoms with Crippen LogP contribution in [0.3, 0.4) is 0 Å². The number of tetrazole rings is 1. The van der Waals surface area contributed by atoms with Crippen LogP contribution in [0.2, 0.25) is 0 Å². The molecule has 5 aromatic rings. The number of rotatable bonds is 11. The highest BCUT2D eigenvalue weighted by Gasteiger charge is 2.18. The van der Waals surface area contributed by atoms with Crippen molar-refractivity contribution >= 4 is 17.5 Å². The lowest BCUT2D eigenvalue weighted by Crippen LogP contribution is -2.28. The predicted molar refractivity (Wildman–Crippen MR) is 154 cm³/mol. The number of anilines is 3. The van der Waals surface area contributed by atoms with Crippen molar-refractivity contribution in [2.24, 2.45) is 5.92 Å². The van der Waals surface area contributed by atoms with Crippen LogP contribution in [0.15, 0.2) is 79.1 Å². The third-order valence-corrected chi connectivity index (χ3v) is 6.23. The van der Waals surface area contributed by atoms with Crippen LogP contribution in [0.25, 0.3) is 22.6 Å². The SMILES string of the molecule is CCCc1cnc(Nc2cc(-c3ccccc3-c3nn[nH]n3)nc(N(Cc3ccccc3)CC(C)C)c2)nc1. The molecule has 0 aliphatic heterocycles. The van der Waals surface area contributed by atoms with Crippen molar-refractivity contribution in [3.63, 3.8) is 0 Å². The summed E-state index contributed by atoms with van der Waals surface area (Å²) in [5, 5.41) is 18.2. The smallest absolute Gasteiger partial charge is 0.227 e. The molecule has 0 saturated carbocycles. The molecule has 0 amide bonds. The first-order valence-electron chi connectivity index (χ1n) is 13.3. The molecule has 5 rings (SSSR count). The van der Waals surface area contributed by atoms with Gasteiger partial charge in [-0.1, -0.05) is 81.8 Å². The summed E-state index contributed by atoms with van der Waals surface area (Å²) in [6, 6.07) is 22.5. The quantitative estimate of drug-likeness (QED) is 0.216. The third kappa shape index (κ3) is 6.62. The van der Waals surface area contributed by atoms with Gasteiger partial charge in [0.1, 0.15) is 5.82 Å². The average molecular weight is 520 g/mol. The van der Waals surface area contributed by atoms with Gasteiger partial charge in [0.05, 0.1) is 5.69 Å². The Morgan fingerprint density at radius 1 is 0.897 bits per heavy atom. The average Bonchev–Trinajstić information content (AvgIpc) is 3.49. The molecule has 0 aliphatic carbocycles. The molecule has 9 heteroatoms. The summed E-state index contributed by atoms with van der Waals surface area (Å²) in [6.07, 6.45) is 5.78. The fraction of sp³-hybridized carbons (Fsp3) is 0.267. The third-order valence-electron chi connectivity index (χ3n) is 6.23. The van der Waals surface area contributed by atoms with Crippen LogP contribution in [0, 0.1) is 5.92 Å². The zero-order valence-electron chi connectivity index (χ0n) is 22.5. The van der Waals surface area contributed by atoms with E-state index in [0.29, 0.717) is 17.7 Å². The van der Waals surface area contributed by atoms with Crippen molar-refractivity contribution in [2.45, 2.75) is 40.2 Å². The minimum absolute atomic E-state index is 0.441. The normalized spacial score (nSPS) is 11.1. The first kappa shape index (κ1) is 26.0. The van der Waals surface area contributed by atoms with Crippen LogP contribution < -0.4 is 10.2 Å². The Labute approximate surface area is 228 Å². The molecule has 39 heavy (non-hydrogen) atoms. The highest BCUT2D eigenvalue weighted by Crippen LogP contribution is 2.33. The van der Waals surface area contributed by atoms with Crippen LogP contribution in [0.4, 0.5) is 17.5 Å². The summed E-state index contributed by atoms with van der Waals surface area (Å²) in [5.41, 5.74) is 5.75. The van der Waals surface area contributed by atoms with E-state index in [4.69, 9.17) is 4.98 Å². The molecule has 2 N–H and O–H groups in total. The molecule has 0 fully saturated rings. The Balaban J connectivity index is 1.59. The van der Waals surface area contributed by atoms with Crippen molar-refractivity contribution in [2.75, 3.05) is 16.8 Å². The Morgan fingerprint density at radius 3 is 2.33 bits per heavy atom. The van der Waals surface area contributed by atoms with Gasteiger partial charge in [0, 0.05) is 48.4 Å². The lowest BCUT2D eigenvalue weighted by atomic mass is 10.0. The number of nitrogens with zero attached hydrogens (tertiary/aromatic N) is 7. The van der Waals surface area contributed by atoms with E-state index in [1.165, 1.54) is 5.56 Å². The van der Waals surface area contributed by atoms with E-state index in [-0.39, 0.29) is 0 Å². The first-order chi connectivity index (χ1) is 19.1. The molecule has 0 atom stereocenters. The summed E-state index contributed by atoms with van der Waals surface area (Å²) in [4.78, 5) is 16.6. The molecule has 0 aliphatic rings. The summed E-state index contributed by atoms with van der Waals surface area (Å²) in [6.45, 7) is 8.18. The van der Waals surface area contributed by atoms with E-state index in [9.17, 15) is 0 Å². The first-order valence-corrected chi connectivity index (χ1v) is 13.3. The van der Waals surface area contributed by atoms with Gasteiger partial charge in [-0.2, -0.15) is 5.21 Å². The lowest BCUT2D eigenvalue weighted by molar-refractivity contribution is 0.605. The van der Waals surface area contributed by atoms with Gasteiger partial charge < -0.3 is 10.2 Å².